The molecule has 0 aromatic heterocycles. The molecule has 0 fully saturated rings. The Hall–Kier alpha value is -0.610. The second kappa shape index (κ2) is 26.6. The molecule has 1 unspecified atom stereocenters. The summed E-state index contributed by atoms with van der Waals surface area (Å²) in [7, 11) is 0. The molecule has 1 atom stereocenters. The lowest BCUT2D eigenvalue weighted by Gasteiger charge is -2.15. The molecule has 0 aromatic rings. The van der Waals surface area contributed by atoms with Gasteiger partial charge in [0.1, 0.15) is 6.10 Å². The molecule has 192 valence electrons. The summed E-state index contributed by atoms with van der Waals surface area (Å²) < 4.78 is 10.6. The van der Waals surface area contributed by atoms with Gasteiger partial charge in [0.25, 0.3) is 0 Å². The van der Waals surface area contributed by atoms with Gasteiger partial charge in [-0.3, -0.25) is 4.79 Å². The van der Waals surface area contributed by atoms with Crippen LogP contribution in [0.5, 0.6) is 0 Å². The van der Waals surface area contributed by atoms with E-state index in [1.54, 1.807) is 6.92 Å². The monoisotopic (exact) mass is 456 g/mol. The fraction of sp³-hybridized carbons (Fsp3) is 0.964. The molecule has 0 aromatic carbocycles. The SMILES string of the molecule is CCCCCCCCCCCCCCCCCCCCCCOCC(CO)OC(=O)CC. The van der Waals surface area contributed by atoms with Crippen molar-refractivity contribution in [3.63, 3.8) is 0 Å². The number of aliphatic hydroxyl groups excluding tert-OH is 1. The molecular weight excluding hydrogens is 400 g/mol. The van der Waals surface area contributed by atoms with Crippen molar-refractivity contribution >= 4 is 5.97 Å². The largest absolute Gasteiger partial charge is 0.457 e. The van der Waals surface area contributed by atoms with Crippen LogP contribution in [-0.4, -0.2) is 37.0 Å². The summed E-state index contributed by atoms with van der Waals surface area (Å²) in [4.78, 5) is 11.2. The van der Waals surface area contributed by atoms with E-state index in [1.165, 1.54) is 122 Å². The Kier molecular flexibility index (Phi) is 26.1. The maximum absolute atomic E-state index is 11.2. The summed E-state index contributed by atoms with van der Waals surface area (Å²) in [6.45, 7) is 4.83. The third-order valence-electron chi connectivity index (χ3n) is 6.24. The van der Waals surface area contributed by atoms with E-state index in [-0.39, 0.29) is 12.6 Å². The van der Waals surface area contributed by atoms with Gasteiger partial charge in [-0.1, -0.05) is 136 Å². The highest BCUT2D eigenvalue weighted by Gasteiger charge is 2.12. The third-order valence-corrected chi connectivity index (χ3v) is 6.24. The molecule has 4 nitrogen and oxygen atoms in total. The van der Waals surface area contributed by atoms with Crippen LogP contribution in [0.15, 0.2) is 0 Å². The Balaban J connectivity index is 3.15. The summed E-state index contributed by atoms with van der Waals surface area (Å²) in [6.07, 6.45) is 27.4. The zero-order valence-corrected chi connectivity index (χ0v) is 21.7. The molecule has 32 heavy (non-hydrogen) atoms. The number of rotatable bonds is 26. The zero-order chi connectivity index (χ0) is 23.5. The average Bonchev–Trinajstić information content (AvgIpc) is 2.81. The van der Waals surface area contributed by atoms with Crippen LogP contribution >= 0.6 is 0 Å². The first-order chi connectivity index (χ1) is 15.7. The van der Waals surface area contributed by atoms with Gasteiger partial charge < -0.3 is 14.6 Å². The number of hydrogen-bond donors (Lipinski definition) is 1. The summed E-state index contributed by atoms with van der Waals surface area (Å²) in [5, 5.41) is 9.18. The Morgan fingerprint density at radius 2 is 1.00 bits per heavy atom. The van der Waals surface area contributed by atoms with E-state index in [1.807, 2.05) is 0 Å². The van der Waals surface area contributed by atoms with Crippen LogP contribution in [0.2, 0.25) is 0 Å². The van der Waals surface area contributed by atoms with Crippen molar-refractivity contribution in [2.45, 2.75) is 155 Å². The Bertz CT molecular complexity index is 372. The Morgan fingerprint density at radius 1 is 0.625 bits per heavy atom. The van der Waals surface area contributed by atoms with E-state index < -0.39 is 6.10 Å². The highest BCUT2D eigenvalue weighted by Crippen LogP contribution is 2.14. The number of ether oxygens (including phenoxy) is 2. The Labute approximate surface area is 200 Å². The van der Waals surface area contributed by atoms with Crippen LogP contribution in [0.3, 0.4) is 0 Å². The van der Waals surface area contributed by atoms with E-state index in [0.717, 1.165) is 6.42 Å². The summed E-state index contributed by atoms with van der Waals surface area (Å²) in [5.74, 6) is -0.286. The fourth-order valence-corrected chi connectivity index (χ4v) is 4.07. The highest BCUT2D eigenvalue weighted by atomic mass is 16.6. The maximum Gasteiger partial charge on any atom is 0.305 e. The summed E-state index contributed by atoms with van der Waals surface area (Å²) in [5.41, 5.74) is 0. The van der Waals surface area contributed by atoms with Crippen molar-refractivity contribution in [1.82, 2.24) is 0 Å². The van der Waals surface area contributed by atoms with Gasteiger partial charge in [0.05, 0.1) is 13.2 Å². The maximum atomic E-state index is 11.2. The molecule has 1 N–H and O–H groups in total. The molecule has 0 rings (SSSR count). The minimum absolute atomic E-state index is 0.176. The van der Waals surface area contributed by atoms with Gasteiger partial charge in [0.2, 0.25) is 0 Å². The van der Waals surface area contributed by atoms with Gasteiger partial charge >= 0.3 is 5.97 Å². The van der Waals surface area contributed by atoms with Gasteiger partial charge in [-0.25, -0.2) is 0 Å². The molecule has 4 heteroatoms. The summed E-state index contributed by atoms with van der Waals surface area (Å²) >= 11 is 0. The molecule has 0 saturated heterocycles. The van der Waals surface area contributed by atoms with E-state index in [2.05, 4.69) is 6.92 Å². The quantitative estimate of drug-likeness (QED) is 0.105. The predicted molar refractivity (Wildman–Crippen MR) is 136 cm³/mol. The molecule has 0 spiro atoms. The molecule has 0 bridgehead atoms. The first kappa shape index (κ1) is 31.4. The number of aliphatic hydroxyl groups is 1. The first-order valence-electron chi connectivity index (χ1n) is 14.1. The summed E-state index contributed by atoms with van der Waals surface area (Å²) in [6, 6.07) is 0. The normalized spacial score (nSPS) is 12.2. The molecular formula is C28H56O4. The minimum Gasteiger partial charge on any atom is -0.457 e. The number of carbonyl (C=O) groups excluding carboxylic acids is 1. The molecule has 0 aliphatic heterocycles. The first-order valence-corrected chi connectivity index (χ1v) is 14.1. The number of esters is 1. The molecule has 0 saturated carbocycles. The van der Waals surface area contributed by atoms with Gasteiger partial charge in [0.15, 0.2) is 0 Å². The number of carbonyl (C=O) groups is 1. The smallest absolute Gasteiger partial charge is 0.305 e. The third kappa shape index (κ3) is 24.0. The van der Waals surface area contributed by atoms with Gasteiger partial charge in [0, 0.05) is 13.0 Å². The van der Waals surface area contributed by atoms with E-state index in [4.69, 9.17) is 9.47 Å². The fourth-order valence-electron chi connectivity index (χ4n) is 4.07. The number of unbranched alkanes of at least 4 members (excludes halogenated alkanes) is 19. The van der Waals surface area contributed by atoms with Gasteiger partial charge in [-0.05, 0) is 6.42 Å². The predicted octanol–water partition coefficient (Wildman–Crippen LogP) is 8.14. The van der Waals surface area contributed by atoms with E-state index in [9.17, 15) is 9.90 Å². The van der Waals surface area contributed by atoms with Crippen molar-refractivity contribution in [3.8, 4) is 0 Å². The van der Waals surface area contributed by atoms with Crippen LogP contribution in [0.25, 0.3) is 0 Å². The second-order valence-corrected chi connectivity index (χ2v) is 9.44. The lowest BCUT2D eigenvalue weighted by Crippen LogP contribution is -2.27. The van der Waals surface area contributed by atoms with E-state index >= 15 is 0 Å². The second-order valence-electron chi connectivity index (χ2n) is 9.44. The van der Waals surface area contributed by atoms with Crippen LogP contribution < -0.4 is 0 Å². The van der Waals surface area contributed by atoms with Gasteiger partial charge in [-0.2, -0.15) is 0 Å². The van der Waals surface area contributed by atoms with Crippen molar-refractivity contribution in [2.75, 3.05) is 19.8 Å². The number of hydrogen-bond acceptors (Lipinski definition) is 4. The average molecular weight is 457 g/mol. The Morgan fingerprint density at radius 3 is 1.34 bits per heavy atom. The van der Waals surface area contributed by atoms with E-state index in [0.29, 0.717) is 19.6 Å². The van der Waals surface area contributed by atoms with Crippen LogP contribution in [0.1, 0.15) is 149 Å². The van der Waals surface area contributed by atoms with Crippen LogP contribution in [0.4, 0.5) is 0 Å². The lowest BCUT2D eigenvalue weighted by molar-refractivity contribution is -0.154. The molecule has 0 amide bonds. The lowest BCUT2D eigenvalue weighted by atomic mass is 10.0. The topological polar surface area (TPSA) is 55.8 Å². The molecule has 0 heterocycles. The molecule has 0 aliphatic carbocycles. The van der Waals surface area contributed by atoms with Crippen molar-refractivity contribution in [2.24, 2.45) is 0 Å². The molecule has 0 radical (unpaired) electrons. The van der Waals surface area contributed by atoms with Crippen molar-refractivity contribution in [1.29, 1.82) is 0 Å². The highest BCUT2D eigenvalue weighted by molar-refractivity contribution is 5.69. The standard InChI is InChI=1S/C28H56O4/c1-3-5-6-7-8-9-10-11-12-13-14-15-16-17-18-19-20-21-22-23-24-31-26-27(25-29)32-28(30)4-2/h27,29H,3-26H2,1-2H3. The van der Waals surface area contributed by atoms with Crippen LogP contribution in [-0.2, 0) is 14.3 Å². The van der Waals surface area contributed by atoms with Crippen molar-refractivity contribution in [3.05, 3.63) is 0 Å². The van der Waals surface area contributed by atoms with Crippen LogP contribution in [0, 0.1) is 0 Å². The van der Waals surface area contributed by atoms with Gasteiger partial charge in [-0.15, -0.1) is 0 Å². The minimum atomic E-state index is -0.521. The molecule has 0 aliphatic rings. The van der Waals surface area contributed by atoms with Crippen molar-refractivity contribution < 1.29 is 19.4 Å². The zero-order valence-electron chi connectivity index (χ0n) is 21.7.